The van der Waals surface area contributed by atoms with Crippen molar-refractivity contribution in [3.05, 3.63) is 28.7 Å². The van der Waals surface area contributed by atoms with Crippen molar-refractivity contribution in [2.45, 2.75) is 44.6 Å². The molecule has 1 N–H and O–H groups in total. The zero-order chi connectivity index (χ0) is 20.9. The van der Waals surface area contributed by atoms with Crippen molar-refractivity contribution in [1.82, 2.24) is 9.62 Å². The second kappa shape index (κ2) is 9.84. The van der Waals surface area contributed by atoms with Crippen molar-refractivity contribution < 1.29 is 22.7 Å². The molecule has 0 aliphatic carbocycles. The minimum absolute atomic E-state index is 0.0486. The van der Waals surface area contributed by atoms with Crippen molar-refractivity contribution in [2.24, 2.45) is 11.8 Å². The topological polar surface area (TPSA) is 92.8 Å². The summed E-state index contributed by atoms with van der Waals surface area (Å²) in [6.45, 7) is 6.44. The molecule has 7 nitrogen and oxygen atoms in total. The number of sulfonamides is 1. The molecule has 1 saturated heterocycles. The number of amides is 1. The van der Waals surface area contributed by atoms with Crippen LogP contribution in [0.25, 0.3) is 0 Å². The molecule has 2 atom stereocenters. The molecule has 2 rings (SSSR count). The molecule has 0 aromatic heterocycles. The van der Waals surface area contributed by atoms with Gasteiger partial charge in [0.2, 0.25) is 10.0 Å². The van der Waals surface area contributed by atoms with Crippen molar-refractivity contribution >= 4 is 37.8 Å². The lowest BCUT2D eigenvalue weighted by Gasteiger charge is -2.31. The molecule has 0 saturated carbocycles. The summed E-state index contributed by atoms with van der Waals surface area (Å²) in [7, 11) is -3.90. The normalized spacial score (nSPS) is 18.8. The van der Waals surface area contributed by atoms with Gasteiger partial charge in [0.25, 0.3) is 5.91 Å². The Hall–Kier alpha value is -1.45. The second-order valence-corrected chi connectivity index (χ2v) is 10.1. The maximum absolute atomic E-state index is 12.6. The van der Waals surface area contributed by atoms with Gasteiger partial charge in [0, 0.05) is 17.6 Å². The SMILES string of the molecule is CC1CCCN(C(=O)COC(=O)C(NS(=O)(=O)c2ccc(Br)cc2)C(C)C)C1. The number of esters is 1. The van der Waals surface area contributed by atoms with Crippen LogP contribution >= 0.6 is 15.9 Å². The van der Waals surface area contributed by atoms with E-state index in [1.54, 1.807) is 30.9 Å². The summed E-state index contributed by atoms with van der Waals surface area (Å²) in [6.07, 6.45) is 2.01. The summed E-state index contributed by atoms with van der Waals surface area (Å²) < 4.78 is 33.4. The van der Waals surface area contributed by atoms with Crippen LogP contribution in [0.4, 0.5) is 0 Å². The number of likely N-dealkylation sites (tertiary alicyclic amines) is 1. The summed E-state index contributed by atoms with van der Waals surface area (Å²) in [5.41, 5.74) is 0. The van der Waals surface area contributed by atoms with Gasteiger partial charge in [-0.15, -0.1) is 0 Å². The lowest BCUT2D eigenvalue weighted by molar-refractivity contribution is -0.154. The summed E-state index contributed by atoms with van der Waals surface area (Å²) in [4.78, 5) is 26.5. The van der Waals surface area contributed by atoms with Gasteiger partial charge in [0.05, 0.1) is 4.90 Å². The van der Waals surface area contributed by atoms with Gasteiger partial charge in [0.15, 0.2) is 6.61 Å². The highest BCUT2D eigenvalue weighted by molar-refractivity contribution is 9.10. The Labute approximate surface area is 175 Å². The van der Waals surface area contributed by atoms with E-state index in [1.807, 2.05) is 0 Å². The molecule has 2 unspecified atom stereocenters. The highest BCUT2D eigenvalue weighted by atomic mass is 79.9. The third kappa shape index (κ3) is 6.28. The van der Waals surface area contributed by atoms with Crippen LogP contribution in [0.3, 0.4) is 0 Å². The van der Waals surface area contributed by atoms with Gasteiger partial charge in [-0.1, -0.05) is 36.7 Å². The number of nitrogens with one attached hydrogen (secondary N) is 1. The highest BCUT2D eigenvalue weighted by Crippen LogP contribution is 2.17. The van der Waals surface area contributed by atoms with E-state index >= 15 is 0 Å². The third-order valence-electron chi connectivity index (χ3n) is 4.67. The molecule has 0 radical (unpaired) electrons. The van der Waals surface area contributed by atoms with E-state index in [4.69, 9.17) is 4.74 Å². The zero-order valence-corrected chi connectivity index (χ0v) is 18.8. The smallest absolute Gasteiger partial charge is 0.324 e. The monoisotopic (exact) mass is 474 g/mol. The molecule has 1 aliphatic heterocycles. The minimum Gasteiger partial charge on any atom is -0.454 e. The fourth-order valence-electron chi connectivity index (χ4n) is 3.04. The van der Waals surface area contributed by atoms with Gasteiger partial charge >= 0.3 is 5.97 Å². The Balaban J connectivity index is 1.99. The Kier molecular flexibility index (Phi) is 8.03. The fourth-order valence-corrected chi connectivity index (χ4v) is 4.63. The number of piperidine rings is 1. The molecular weight excluding hydrogens is 448 g/mol. The molecule has 1 heterocycles. The number of halogens is 1. The number of nitrogens with zero attached hydrogens (tertiary/aromatic N) is 1. The van der Waals surface area contributed by atoms with Crippen molar-refractivity contribution in [3.63, 3.8) is 0 Å². The molecule has 28 heavy (non-hydrogen) atoms. The Morgan fingerprint density at radius 1 is 1.29 bits per heavy atom. The maximum Gasteiger partial charge on any atom is 0.324 e. The Morgan fingerprint density at radius 2 is 1.93 bits per heavy atom. The minimum atomic E-state index is -3.90. The van der Waals surface area contributed by atoms with E-state index in [-0.39, 0.29) is 23.3 Å². The quantitative estimate of drug-likeness (QED) is 0.612. The summed E-state index contributed by atoms with van der Waals surface area (Å²) in [5.74, 6) is -0.926. The molecule has 156 valence electrons. The number of rotatable bonds is 7. The van der Waals surface area contributed by atoms with Gasteiger partial charge in [-0.3, -0.25) is 9.59 Å². The number of hydrogen-bond acceptors (Lipinski definition) is 5. The van der Waals surface area contributed by atoms with Crippen LogP contribution < -0.4 is 4.72 Å². The van der Waals surface area contributed by atoms with E-state index < -0.39 is 22.0 Å². The third-order valence-corrected chi connectivity index (χ3v) is 6.66. The number of carbonyl (C=O) groups is 2. The average Bonchev–Trinajstić information content (AvgIpc) is 2.64. The predicted molar refractivity (Wildman–Crippen MR) is 109 cm³/mol. The largest absolute Gasteiger partial charge is 0.454 e. The highest BCUT2D eigenvalue weighted by Gasteiger charge is 2.31. The molecule has 1 fully saturated rings. The van der Waals surface area contributed by atoms with E-state index in [9.17, 15) is 18.0 Å². The maximum atomic E-state index is 12.6. The van der Waals surface area contributed by atoms with Gasteiger partial charge in [-0.05, 0) is 48.9 Å². The van der Waals surface area contributed by atoms with E-state index in [0.29, 0.717) is 19.0 Å². The lowest BCUT2D eigenvalue weighted by atomic mass is 10.0. The number of hydrogen-bond donors (Lipinski definition) is 1. The van der Waals surface area contributed by atoms with Crippen LogP contribution in [-0.4, -0.2) is 50.9 Å². The molecule has 0 spiro atoms. The fraction of sp³-hybridized carbons (Fsp3) is 0.579. The first-order chi connectivity index (χ1) is 13.1. The van der Waals surface area contributed by atoms with Gasteiger partial charge in [0.1, 0.15) is 6.04 Å². The van der Waals surface area contributed by atoms with E-state index in [2.05, 4.69) is 27.6 Å². The number of carbonyl (C=O) groups excluding carboxylic acids is 2. The molecule has 9 heteroatoms. The van der Waals surface area contributed by atoms with Crippen LogP contribution in [0.2, 0.25) is 0 Å². The first kappa shape index (κ1) is 22.8. The summed E-state index contributed by atoms with van der Waals surface area (Å²) in [5, 5.41) is 0. The van der Waals surface area contributed by atoms with Gasteiger partial charge < -0.3 is 9.64 Å². The lowest BCUT2D eigenvalue weighted by Crippen LogP contribution is -2.47. The Bertz CT molecular complexity index is 795. The molecule has 1 amide bonds. The predicted octanol–water partition coefficient (Wildman–Crippen LogP) is 2.55. The van der Waals surface area contributed by atoms with Crippen LogP contribution in [0.1, 0.15) is 33.6 Å². The van der Waals surface area contributed by atoms with Crippen LogP contribution in [0.15, 0.2) is 33.6 Å². The standard InChI is InChI=1S/C19H27BrN2O5S/c1-13(2)18(21-28(25,26)16-8-6-15(20)7-9-16)19(24)27-12-17(23)22-10-4-5-14(3)11-22/h6-9,13-14,18,21H,4-5,10-12H2,1-3H3. The summed E-state index contributed by atoms with van der Waals surface area (Å²) in [6, 6.07) is 5.01. The first-order valence-electron chi connectivity index (χ1n) is 9.32. The zero-order valence-electron chi connectivity index (χ0n) is 16.4. The van der Waals surface area contributed by atoms with Crippen LogP contribution in [0.5, 0.6) is 0 Å². The molecule has 0 bridgehead atoms. The molecule has 1 aliphatic rings. The van der Waals surface area contributed by atoms with Crippen molar-refractivity contribution in [3.8, 4) is 0 Å². The molecular formula is C19H27BrN2O5S. The molecule has 1 aromatic carbocycles. The van der Waals surface area contributed by atoms with Crippen LogP contribution in [0, 0.1) is 11.8 Å². The van der Waals surface area contributed by atoms with Gasteiger partial charge in [-0.2, -0.15) is 4.72 Å². The average molecular weight is 475 g/mol. The summed E-state index contributed by atoms with van der Waals surface area (Å²) >= 11 is 3.25. The van der Waals surface area contributed by atoms with E-state index in [1.165, 1.54) is 12.1 Å². The van der Waals surface area contributed by atoms with Crippen LogP contribution in [-0.2, 0) is 24.3 Å². The number of ether oxygens (including phenoxy) is 1. The van der Waals surface area contributed by atoms with Crippen molar-refractivity contribution in [1.29, 1.82) is 0 Å². The van der Waals surface area contributed by atoms with Gasteiger partial charge in [-0.25, -0.2) is 8.42 Å². The first-order valence-corrected chi connectivity index (χ1v) is 11.6. The molecule has 1 aromatic rings. The Morgan fingerprint density at radius 3 is 2.50 bits per heavy atom. The van der Waals surface area contributed by atoms with E-state index in [0.717, 1.165) is 17.3 Å². The second-order valence-electron chi connectivity index (χ2n) is 7.49. The van der Waals surface area contributed by atoms with Crippen molar-refractivity contribution in [2.75, 3.05) is 19.7 Å². The number of benzene rings is 1.